The Labute approximate surface area is 112 Å². The van der Waals surface area contributed by atoms with E-state index in [-0.39, 0.29) is 6.10 Å². The van der Waals surface area contributed by atoms with Gasteiger partial charge in [-0.3, -0.25) is 0 Å². The minimum atomic E-state index is 0.136. The van der Waals surface area contributed by atoms with Gasteiger partial charge in [-0.15, -0.1) is 0 Å². The highest BCUT2D eigenvalue weighted by Gasteiger charge is 2.11. The third-order valence-corrected chi connectivity index (χ3v) is 3.69. The van der Waals surface area contributed by atoms with Crippen molar-refractivity contribution in [3.63, 3.8) is 0 Å². The molecule has 1 rings (SSSR count). The Kier molecular flexibility index (Phi) is 6.30. The van der Waals surface area contributed by atoms with Gasteiger partial charge in [-0.25, -0.2) is 0 Å². The van der Waals surface area contributed by atoms with Crippen molar-refractivity contribution in [2.24, 2.45) is 5.92 Å². The fourth-order valence-corrected chi connectivity index (χ4v) is 1.88. The molecule has 0 aliphatic carbocycles. The van der Waals surface area contributed by atoms with E-state index in [1.165, 1.54) is 0 Å². The van der Waals surface area contributed by atoms with Gasteiger partial charge in [0.1, 0.15) is 5.75 Å². The van der Waals surface area contributed by atoms with Crippen LogP contribution in [-0.4, -0.2) is 25.7 Å². The second-order valence-electron chi connectivity index (χ2n) is 3.96. The van der Waals surface area contributed by atoms with Gasteiger partial charge in [0.05, 0.1) is 13.2 Å². The molecule has 0 unspecified atom stereocenters. The molecule has 0 saturated heterocycles. The summed E-state index contributed by atoms with van der Waals surface area (Å²) in [6.07, 6.45) is 4.30. The molecule has 1 aromatic carbocycles. The van der Waals surface area contributed by atoms with Crippen LogP contribution in [0.4, 0.5) is 0 Å². The topological polar surface area (TPSA) is 18.5 Å². The second kappa shape index (κ2) is 7.51. The zero-order valence-corrected chi connectivity index (χ0v) is 12.1. The maximum atomic E-state index is 5.43. The first-order chi connectivity index (χ1) is 8.21. The first-order valence-corrected chi connectivity index (χ1v) is 6.74. The number of rotatable bonds is 6. The lowest BCUT2D eigenvalue weighted by Crippen LogP contribution is -2.18. The van der Waals surface area contributed by atoms with Crippen molar-refractivity contribution >= 4 is 22.0 Å². The van der Waals surface area contributed by atoms with Gasteiger partial charge in [-0.2, -0.15) is 0 Å². The number of halogens is 1. The quantitative estimate of drug-likeness (QED) is 0.745. The number of ether oxygens (including phenoxy) is 2. The molecule has 2 atom stereocenters. The van der Waals surface area contributed by atoms with Crippen molar-refractivity contribution < 1.29 is 9.47 Å². The van der Waals surface area contributed by atoms with Crippen molar-refractivity contribution in [1.82, 2.24) is 0 Å². The van der Waals surface area contributed by atoms with Crippen LogP contribution in [-0.2, 0) is 4.74 Å². The third kappa shape index (κ3) is 4.52. The first kappa shape index (κ1) is 14.3. The molecule has 0 aliphatic rings. The monoisotopic (exact) mass is 298 g/mol. The van der Waals surface area contributed by atoms with E-state index >= 15 is 0 Å². The number of methoxy groups -OCH3 is 2. The highest BCUT2D eigenvalue weighted by molar-refractivity contribution is 9.09. The van der Waals surface area contributed by atoms with E-state index in [1.54, 1.807) is 14.2 Å². The Morgan fingerprint density at radius 2 is 1.88 bits per heavy atom. The average molecular weight is 299 g/mol. The van der Waals surface area contributed by atoms with Crippen molar-refractivity contribution in [3.8, 4) is 5.75 Å². The molecule has 0 aromatic heterocycles. The molecule has 1 aromatic rings. The largest absolute Gasteiger partial charge is 0.497 e. The standard InChI is InChI=1S/C14H19BrO2/c1-11(10-15)14(17-3)9-6-12-4-7-13(16-2)8-5-12/h4-9,11,14H,10H2,1-3H3/b9-6+/t11-,14-/m0/s1. The minimum absolute atomic E-state index is 0.136. The Balaban J connectivity index is 2.67. The van der Waals surface area contributed by atoms with Gasteiger partial charge in [0.15, 0.2) is 0 Å². The molecule has 0 amide bonds. The van der Waals surface area contributed by atoms with Crippen LogP contribution in [0.5, 0.6) is 5.75 Å². The molecule has 0 heterocycles. The van der Waals surface area contributed by atoms with Gasteiger partial charge in [-0.05, 0) is 23.6 Å². The van der Waals surface area contributed by atoms with Crippen LogP contribution in [0.3, 0.4) is 0 Å². The molecule has 0 bridgehead atoms. The molecular formula is C14H19BrO2. The molecule has 0 fully saturated rings. The maximum absolute atomic E-state index is 5.43. The molecule has 0 spiro atoms. The predicted octanol–water partition coefficient (Wildman–Crippen LogP) is 3.75. The summed E-state index contributed by atoms with van der Waals surface area (Å²) in [4.78, 5) is 0. The van der Waals surface area contributed by atoms with Crippen LogP contribution in [0, 0.1) is 5.92 Å². The minimum Gasteiger partial charge on any atom is -0.497 e. The summed E-state index contributed by atoms with van der Waals surface area (Å²) in [5, 5.41) is 0.929. The van der Waals surface area contributed by atoms with Crippen LogP contribution in [0.25, 0.3) is 6.08 Å². The number of hydrogen-bond donors (Lipinski definition) is 0. The normalized spacial score (nSPS) is 14.8. The number of benzene rings is 1. The van der Waals surface area contributed by atoms with E-state index < -0.39 is 0 Å². The summed E-state index contributed by atoms with van der Waals surface area (Å²) in [5.74, 6) is 1.33. The fourth-order valence-electron chi connectivity index (χ4n) is 1.51. The summed E-state index contributed by atoms with van der Waals surface area (Å²) in [5.41, 5.74) is 1.15. The third-order valence-electron chi connectivity index (χ3n) is 2.67. The highest BCUT2D eigenvalue weighted by atomic mass is 79.9. The lowest BCUT2D eigenvalue weighted by atomic mass is 10.1. The molecule has 94 valence electrons. The van der Waals surface area contributed by atoms with Crippen LogP contribution < -0.4 is 4.74 Å². The zero-order valence-electron chi connectivity index (χ0n) is 10.5. The Bertz CT molecular complexity index is 346. The maximum Gasteiger partial charge on any atom is 0.118 e. The first-order valence-electron chi connectivity index (χ1n) is 5.62. The average Bonchev–Trinajstić information content (AvgIpc) is 2.39. The molecule has 3 heteroatoms. The molecule has 0 aliphatic heterocycles. The Hall–Kier alpha value is -0.800. The number of alkyl halides is 1. The van der Waals surface area contributed by atoms with Crippen LogP contribution in [0.2, 0.25) is 0 Å². The predicted molar refractivity (Wildman–Crippen MR) is 75.8 cm³/mol. The molecule has 0 radical (unpaired) electrons. The van der Waals surface area contributed by atoms with Crippen molar-refractivity contribution in [2.75, 3.05) is 19.5 Å². The molecule has 17 heavy (non-hydrogen) atoms. The summed E-state index contributed by atoms with van der Waals surface area (Å²) in [7, 11) is 3.41. The molecule has 0 N–H and O–H groups in total. The molecule has 2 nitrogen and oxygen atoms in total. The van der Waals surface area contributed by atoms with Crippen molar-refractivity contribution in [2.45, 2.75) is 13.0 Å². The molecule has 0 saturated carbocycles. The second-order valence-corrected chi connectivity index (χ2v) is 4.61. The van der Waals surface area contributed by atoms with Gasteiger partial charge in [-0.1, -0.05) is 47.1 Å². The summed E-state index contributed by atoms with van der Waals surface area (Å²) >= 11 is 3.47. The molecular weight excluding hydrogens is 280 g/mol. The lowest BCUT2D eigenvalue weighted by molar-refractivity contribution is 0.106. The van der Waals surface area contributed by atoms with E-state index in [1.807, 2.05) is 24.3 Å². The van der Waals surface area contributed by atoms with Crippen molar-refractivity contribution in [1.29, 1.82) is 0 Å². The van der Waals surface area contributed by atoms with E-state index in [0.717, 1.165) is 16.6 Å². The van der Waals surface area contributed by atoms with Crippen molar-refractivity contribution in [3.05, 3.63) is 35.9 Å². The van der Waals surface area contributed by atoms with Crippen LogP contribution >= 0.6 is 15.9 Å². The van der Waals surface area contributed by atoms with Gasteiger partial charge < -0.3 is 9.47 Å². The number of hydrogen-bond acceptors (Lipinski definition) is 2. The SMILES string of the molecule is COc1ccc(/C=C/[C@H](OC)[C@@H](C)CBr)cc1. The Morgan fingerprint density at radius 1 is 1.24 bits per heavy atom. The van der Waals surface area contributed by atoms with Gasteiger partial charge in [0.2, 0.25) is 0 Å². The summed E-state index contributed by atoms with van der Waals surface area (Å²) < 4.78 is 10.5. The van der Waals surface area contributed by atoms with Crippen LogP contribution in [0.1, 0.15) is 12.5 Å². The summed E-state index contributed by atoms with van der Waals surface area (Å²) in [6, 6.07) is 7.96. The summed E-state index contributed by atoms with van der Waals surface area (Å²) in [6.45, 7) is 2.15. The lowest BCUT2D eigenvalue weighted by Gasteiger charge is -2.16. The van der Waals surface area contributed by atoms with E-state index in [2.05, 4.69) is 35.0 Å². The van der Waals surface area contributed by atoms with Gasteiger partial charge in [0, 0.05) is 12.4 Å². The zero-order chi connectivity index (χ0) is 12.7. The van der Waals surface area contributed by atoms with E-state index in [9.17, 15) is 0 Å². The highest BCUT2D eigenvalue weighted by Crippen LogP contribution is 2.15. The van der Waals surface area contributed by atoms with Gasteiger partial charge in [0.25, 0.3) is 0 Å². The van der Waals surface area contributed by atoms with Crippen LogP contribution in [0.15, 0.2) is 30.3 Å². The van der Waals surface area contributed by atoms with Gasteiger partial charge >= 0.3 is 0 Å². The van der Waals surface area contributed by atoms with E-state index in [0.29, 0.717) is 5.92 Å². The smallest absolute Gasteiger partial charge is 0.118 e. The fraction of sp³-hybridized carbons (Fsp3) is 0.429. The van der Waals surface area contributed by atoms with E-state index in [4.69, 9.17) is 9.47 Å². The Morgan fingerprint density at radius 3 is 2.35 bits per heavy atom.